The summed E-state index contributed by atoms with van der Waals surface area (Å²) in [5, 5.41) is 1.65. The first-order chi connectivity index (χ1) is 6.29. The zero-order chi connectivity index (χ0) is 9.26. The lowest BCUT2D eigenvalue weighted by Crippen LogP contribution is -1.90. The van der Waals surface area contributed by atoms with Gasteiger partial charge < -0.3 is 4.55 Å². The van der Waals surface area contributed by atoms with Crippen molar-refractivity contribution < 1.29 is 8.76 Å². The highest BCUT2D eigenvalue weighted by Crippen LogP contribution is 2.18. The molecule has 0 amide bonds. The van der Waals surface area contributed by atoms with Crippen LogP contribution in [0.5, 0.6) is 0 Å². The van der Waals surface area contributed by atoms with Crippen LogP contribution < -0.4 is 0 Å². The Balaban J connectivity index is 2.83. The second-order valence-corrected chi connectivity index (χ2v) is 3.55. The molecular weight excluding hydrogens is 186 g/mol. The van der Waals surface area contributed by atoms with E-state index < -0.39 is 11.1 Å². The lowest BCUT2D eigenvalue weighted by atomic mass is 10.2. The average molecular weight is 193 g/mol. The molecule has 2 rings (SSSR count). The highest BCUT2D eigenvalue weighted by Gasteiger charge is 2.04. The predicted octanol–water partition coefficient (Wildman–Crippen LogP) is 1.82. The SMILES string of the molecule is O=S(O)c1cncc2ccccc12. The van der Waals surface area contributed by atoms with E-state index in [-0.39, 0.29) is 0 Å². The Morgan fingerprint density at radius 1 is 1.23 bits per heavy atom. The van der Waals surface area contributed by atoms with Crippen molar-refractivity contribution in [2.75, 3.05) is 0 Å². The fourth-order valence-electron chi connectivity index (χ4n) is 1.23. The fraction of sp³-hybridized carbons (Fsp3) is 0. The Labute approximate surface area is 77.7 Å². The number of aromatic nitrogens is 1. The van der Waals surface area contributed by atoms with E-state index in [0.717, 1.165) is 10.8 Å². The van der Waals surface area contributed by atoms with Crippen molar-refractivity contribution in [3.05, 3.63) is 36.7 Å². The summed E-state index contributed by atoms with van der Waals surface area (Å²) in [6.45, 7) is 0. The van der Waals surface area contributed by atoms with Gasteiger partial charge in [-0.25, -0.2) is 4.21 Å². The van der Waals surface area contributed by atoms with Gasteiger partial charge in [0.2, 0.25) is 0 Å². The van der Waals surface area contributed by atoms with Crippen LogP contribution in [-0.2, 0) is 11.1 Å². The van der Waals surface area contributed by atoms with E-state index in [1.807, 2.05) is 18.2 Å². The van der Waals surface area contributed by atoms with Crippen LogP contribution in [0.4, 0.5) is 0 Å². The van der Waals surface area contributed by atoms with Crippen molar-refractivity contribution in [2.45, 2.75) is 4.90 Å². The van der Waals surface area contributed by atoms with Crippen LogP contribution in [0.1, 0.15) is 0 Å². The van der Waals surface area contributed by atoms with Gasteiger partial charge in [-0.1, -0.05) is 24.3 Å². The lowest BCUT2D eigenvalue weighted by molar-refractivity contribution is 0.565. The molecule has 0 radical (unpaired) electrons. The summed E-state index contributed by atoms with van der Waals surface area (Å²) in [6, 6.07) is 7.37. The summed E-state index contributed by atoms with van der Waals surface area (Å²) in [4.78, 5) is 4.24. The molecular formula is C9H7NO2S. The van der Waals surface area contributed by atoms with Gasteiger partial charge in [-0.15, -0.1) is 0 Å². The van der Waals surface area contributed by atoms with Crippen LogP contribution in [0.15, 0.2) is 41.6 Å². The van der Waals surface area contributed by atoms with E-state index in [2.05, 4.69) is 4.98 Å². The zero-order valence-electron chi connectivity index (χ0n) is 6.68. The van der Waals surface area contributed by atoms with Gasteiger partial charge >= 0.3 is 0 Å². The van der Waals surface area contributed by atoms with Crippen molar-refractivity contribution in [1.82, 2.24) is 4.98 Å². The maximum absolute atomic E-state index is 10.9. The first kappa shape index (κ1) is 8.34. The Kier molecular flexibility index (Phi) is 2.08. The summed E-state index contributed by atoms with van der Waals surface area (Å²) in [5.41, 5.74) is 0. The highest BCUT2D eigenvalue weighted by atomic mass is 32.2. The van der Waals surface area contributed by atoms with Gasteiger partial charge in [-0.3, -0.25) is 4.98 Å². The van der Waals surface area contributed by atoms with Crippen LogP contribution in [0, 0.1) is 0 Å². The van der Waals surface area contributed by atoms with Crippen LogP contribution >= 0.6 is 0 Å². The molecule has 3 nitrogen and oxygen atoms in total. The fourth-order valence-corrected chi connectivity index (χ4v) is 1.75. The second-order valence-electron chi connectivity index (χ2n) is 2.61. The number of nitrogens with zero attached hydrogens (tertiary/aromatic N) is 1. The molecule has 1 aromatic heterocycles. The van der Waals surface area contributed by atoms with Gasteiger partial charge in [0, 0.05) is 23.2 Å². The molecule has 0 saturated carbocycles. The van der Waals surface area contributed by atoms with E-state index in [1.165, 1.54) is 6.20 Å². The number of rotatable bonds is 1. The number of hydrogen-bond acceptors (Lipinski definition) is 2. The predicted molar refractivity (Wildman–Crippen MR) is 50.8 cm³/mol. The molecule has 2 aromatic rings. The van der Waals surface area contributed by atoms with Gasteiger partial charge in [0.25, 0.3) is 0 Å². The van der Waals surface area contributed by atoms with Crippen molar-refractivity contribution in [1.29, 1.82) is 0 Å². The molecule has 1 aromatic carbocycles. The standard InChI is InChI=1S/C9H7NO2S/c11-13(12)9-6-10-5-7-3-1-2-4-8(7)9/h1-6H,(H,11,12). The summed E-state index contributed by atoms with van der Waals surface area (Å²) >= 11 is -1.97. The Morgan fingerprint density at radius 2 is 2.00 bits per heavy atom. The molecule has 1 N–H and O–H groups in total. The van der Waals surface area contributed by atoms with Crippen LogP contribution in [0.2, 0.25) is 0 Å². The Bertz CT molecular complexity index is 465. The maximum Gasteiger partial charge on any atom is 0.188 e. The van der Waals surface area contributed by atoms with Crippen molar-refractivity contribution in [2.24, 2.45) is 0 Å². The minimum Gasteiger partial charge on any atom is -0.302 e. The summed E-state index contributed by atoms with van der Waals surface area (Å²) in [5.74, 6) is 0. The molecule has 0 aliphatic rings. The Hall–Kier alpha value is -1.26. The summed E-state index contributed by atoms with van der Waals surface area (Å²) in [7, 11) is 0. The zero-order valence-corrected chi connectivity index (χ0v) is 7.49. The molecule has 0 spiro atoms. The molecule has 0 bridgehead atoms. The molecule has 1 heterocycles. The molecule has 0 aliphatic heterocycles. The molecule has 13 heavy (non-hydrogen) atoms. The number of benzene rings is 1. The normalized spacial score (nSPS) is 13.0. The number of fused-ring (bicyclic) bond motifs is 1. The third-order valence-electron chi connectivity index (χ3n) is 1.82. The minimum absolute atomic E-state index is 0.359. The molecule has 1 unspecified atom stereocenters. The van der Waals surface area contributed by atoms with Gasteiger partial charge in [0.15, 0.2) is 11.1 Å². The monoisotopic (exact) mass is 193 g/mol. The molecule has 1 atom stereocenters. The van der Waals surface area contributed by atoms with Crippen molar-refractivity contribution >= 4 is 21.9 Å². The third-order valence-corrected chi connectivity index (χ3v) is 2.52. The molecule has 66 valence electrons. The van der Waals surface area contributed by atoms with Crippen LogP contribution in [0.25, 0.3) is 10.8 Å². The highest BCUT2D eigenvalue weighted by molar-refractivity contribution is 7.79. The maximum atomic E-state index is 10.9. The molecule has 0 fully saturated rings. The summed E-state index contributed by atoms with van der Waals surface area (Å²) < 4.78 is 19.8. The largest absolute Gasteiger partial charge is 0.302 e. The first-order valence-corrected chi connectivity index (χ1v) is 4.83. The van der Waals surface area contributed by atoms with Crippen LogP contribution in [0.3, 0.4) is 0 Å². The average Bonchev–Trinajstić information content (AvgIpc) is 2.17. The smallest absolute Gasteiger partial charge is 0.188 e. The first-order valence-electron chi connectivity index (χ1n) is 3.72. The second kappa shape index (κ2) is 3.24. The topological polar surface area (TPSA) is 50.2 Å². The Morgan fingerprint density at radius 3 is 2.77 bits per heavy atom. The minimum atomic E-state index is -1.97. The molecule has 0 aliphatic carbocycles. The van der Waals surface area contributed by atoms with E-state index in [4.69, 9.17) is 4.55 Å². The van der Waals surface area contributed by atoms with Gasteiger partial charge in [0.1, 0.15) is 0 Å². The molecule has 0 saturated heterocycles. The lowest BCUT2D eigenvalue weighted by Gasteiger charge is -2.00. The number of pyridine rings is 1. The van der Waals surface area contributed by atoms with Crippen molar-refractivity contribution in [3.8, 4) is 0 Å². The van der Waals surface area contributed by atoms with Gasteiger partial charge in [0.05, 0.1) is 4.90 Å². The van der Waals surface area contributed by atoms with Crippen LogP contribution in [-0.4, -0.2) is 13.7 Å². The quantitative estimate of drug-likeness (QED) is 0.703. The van der Waals surface area contributed by atoms with E-state index in [0.29, 0.717) is 4.90 Å². The summed E-state index contributed by atoms with van der Waals surface area (Å²) in [6.07, 6.45) is 3.09. The van der Waals surface area contributed by atoms with Crippen molar-refractivity contribution in [3.63, 3.8) is 0 Å². The molecule has 4 heteroatoms. The van der Waals surface area contributed by atoms with E-state index >= 15 is 0 Å². The number of hydrogen-bond donors (Lipinski definition) is 1. The van der Waals surface area contributed by atoms with E-state index in [1.54, 1.807) is 12.3 Å². The van der Waals surface area contributed by atoms with Gasteiger partial charge in [-0.05, 0) is 0 Å². The van der Waals surface area contributed by atoms with Gasteiger partial charge in [-0.2, -0.15) is 0 Å². The third kappa shape index (κ3) is 1.46. The van der Waals surface area contributed by atoms with E-state index in [9.17, 15) is 4.21 Å².